The van der Waals surface area contributed by atoms with Crippen LogP contribution in [-0.2, 0) is 0 Å². The minimum Gasteiger partial charge on any atom is -0.271 e. The molecule has 0 aliphatic heterocycles. The molecule has 0 amide bonds. The summed E-state index contributed by atoms with van der Waals surface area (Å²) in [5.74, 6) is 3.56. The molecule has 3 N–H and O–H groups in total. The standard InChI is InChI=1S/C9H12F2N2/c1-2-9(13-12)6-3-4-7(10)8(11)5-6/h3-5,9,13H,2,12H2,1H3/t9-/m0/s1. The van der Waals surface area contributed by atoms with Crippen molar-refractivity contribution in [3.8, 4) is 0 Å². The van der Waals surface area contributed by atoms with E-state index < -0.39 is 11.6 Å². The summed E-state index contributed by atoms with van der Waals surface area (Å²) in [5, 5.41) is 0. The minimum atomic E-state index is -0.841. The van der Waals surface area contributed by atoms with Gasteiger partial charge in [0.25, 0.3) is 0 Å². The molecule has 1 aromatic rings. The van der Waals surface area contributed by atoms with E-state index >= 15 is 0 Å². The Hall–Kier alpha value is -1.00. The number of halogens is 2. The van der Waals surface area contributed by atoms with Crippen LogP contribution in [0.2, 0.25) is 0 Å². The van der Waals surface area contributed by atoms with E-state index in [0.717, 1.165) is 18.6 Å². The molecular formula is C9H12F2N2. The molecule has 0 aliphatic rings. The maximum atomic E-state index is 12.8. The summed E-state index contributed by atoms with van der Waals surface area (Å²) in [5.41, 5.74) is 3.18. The molecule has 0 aliphatic carbocycles. The fraction of sp³-hybridized carbons (Fsp3) is 0.333. The Labute approximate surface area is 75.7 Å². The Morgan fingerprint density at radius 2 is 2.08 bits per heavy atom. The lowest BCUT2D eigenvalue weighted by Crippen LogP contribution is -2.27. The molecular weight excluding hydrogens is 174 g/mol. The van der Waals surface area contributed by atoms with E-state index in [-0.39, 0.29) is 6.04 Å². The van der Waals surface area contributed by atoms with Gasteiger partial charge in [-0.2, -0.15) is 0 Å². The average molecular weight is 186 g/mol. The van der Waals surface area contributed by atoms with Crippen molar-refractivity contribution in [3.05, 3.63) is 35.4 Å². The molecule has 0 saturated heterocycles. The highest BCUT2D eigenvalue weighted by atomic mass is 19.2. The van der Waals surface area contributed by atoms with E-state index in [1.807, 2.05) is 6.92 Å². The fourth-order valence-corrected chi connectivity index (χ4v) is 1.18. The molecule has 0 bridgehead atoms. The van der Waals surface area contributed by atoms with Crippen LogP contribution < -0.4 is 11.3 Å². The van der Waals surface area contributed by atoms with Crippen LogP contribution in [0.25, 0.3) is 0 Å². The van der Waals surface area contributed by atoms with Crippen molar-refractivity contribution in [2.45, 2.75) is 19.4 Å². The highest BCUT2D eigenvalue weighted by molar-refractivity contribution is 5.20. The topological polar surface area (TPSA) is 38.0 Å². The van der Waals surface area contributed by atoms with Gasteiger partial charge in [-0.25, -0.2) is 8.78 Å². The van der Waals surface area contributed by atoms with Crippen LogP contribution >= 0.6 is 0 Å². The summed E-state index contributed by atoms with van der Waals surface area (Å²) in [4.78, 5) is 0. The lowest BCUT2D eigenvalue weighted by atomic mass is 10.1. The van der Waals surface area contributed by atoms with Gasteiger partial charge < -0.3 is 0 Å². The zero-order valence-corrected chi connectivity index (χ0v) is 7.35. The number of benzene rings is 1. The molecule has 72 valence electrons. The van der Waals surface area contributed by atoms with E-state index in [1.165, 1.54) is 6.07 Å². The second-order valence-corrected chi connectivity index (χ2v) is 2.80. The van der Waals surface area contributed by atoms with Crippen LogP contribution in [-0.4, -0.2) is 0 Å². The number of nitrogens with one attached hydrogen (secondary N) is 1. The maximum Gasteiger partial charge on any atom is 0.159 e. The average Bonchev–Trinajstić information content (AvgIpc) is 2.13. The van der Waals surface area contributed by atoms with Crippen molar-refractivity contribution >= 4 is 0 Å². The van der Waals surface area contributed by atoms with Gasteiger partial charge in [-0.15, -0.1) is 0 Å². The predicted octanol–water partition coefficient (Wildman–Crippen LogP) is 1.88. The van der Waals surface area contributed by atoms with E-state index in [4.69, 9.17) is 5.84 Å². The Balaban J connectivity index is 2.95. The lowest BCUT2D eigenvalue weighted by molar-refractivity contribution is 0.494. The second-order valence-electron chi connectivity index (χ2n) is 2.80. The highest BCUT2D eigenvalue weighted by Crippen LogP contribution is 2.17. The largest absolute Gasteiger partial charge is 0.271 e. The third-order valence-corrected chi connectivity index (χ3v) is 1.96. The van der Waals surface area contributed by atoms with Crippen LogP contribution in [0.3, 0.4) is 0 Å². The molecule has 13 heavy (non-hydrogen) atoms. The first-order valence-corrected chi connectivity index (χ1v) is 4.10. The summed E-state index contributed by atoms with van der Waals surface area (Å²) in [7, 11) is 0. The first-order valence-electron chi connectivity index (χ1n) is 4.10. The van der Waals surface area contributed by atoms with E-state index in [2.05, 4.69) is 5.43 Å². The Morgan fingerprint density at radius 3 is 2.54 bits per heavy atom. The zero-order valence-electron chi connectivity index (χ0n) is 7.35. The van der Waals surface area contributed by atoms with E-state index in [9.17, 15) is 8.78 Å². The van der Waals surface area contributed by atoms with Crippen LogP contribution in [0.5, 0.6) is 0 Å². The Morgan fingerprint density at radius 1 is 1.38 bits per heavy atom. The lowest BCUT2D eigenvalue weighted by Gasteiger charge is -2.13. The van der Waals surface area contributed by atoms with Crippen molar-refractivity contribution in [1.82, 2.24) is 5.43 Å². The van der Waals surface area contributed by atoms with E-state index in [1.54, 1.807) is 0 Å². The summed E-state index contributed by atoms with van der Waals surface area (Å²) in [6.45, 7) is 1.91. The van der Waals surface area contributed by atoms with Gasteiger partial charge in [0.05, 0.1) is 0 Å². The Kier molecular flexibility index (Phi) is 3.33. The minimum absolute atomic E-state index is 0.130. The van der Waals surface area contributed by atoms with Gasteiger partial charge in [-0.05, 0) is 24.1 Å². The third-order valence-electron chi connectivity index (χ3n) is 1.96. The quantitative estimate of drug-likeness (QED) is 0.558. The van der Waals surface area contributed by atoms with Crippen molar-refractivity contribution in [2.75, 3.05) is 0 Å². The van der Waals surface area contributed by atoms with E-state index in [0.29, 0.717) is 5.56 Å². The second kappa shape index (κ2) is 4.30. The molecule has 1 aromatic carbocycles. The van der Waals surface area contributed by atoms with Crippen LogP contribution in [0.15, 0.2) is 18.2 Å². The normalized spacial score (nSPS) is 12.9. The summed E-state index contributed by atoms with van der Waals surface area (Å²) >= 11 is 0. The van der Waals surface area contributed by atoms with Gasteiger partial charge in [-0.1, -0.05) is 13.0 Å². The molecule has 0 fully saturated rings. The van der Waals surface area contributed by atoms with Gasteiger partial charge in [0, 0.05) is 6.04 Å². The SMILES string of the molecule is CC[C@H](NN)c1ccc(F)c(F)c1. The van der Waals surface area contributed by atoms with Gasteiger partial charge in [0.15, 0.2) is 11.6 Å². The molecule has 0 heterocycles. The van der Waals surface area contributed by atoms with Crippen molar-refractivity contribution in [3.63, 3.8) is 0 Å². The Bertz CT molecular complexity index is 285. The van der Waals surface area contributed by atoms with Crippen molar-refractivity contribution in [1.29, 1.82) is 0 Å². The number of hydrogen-bond acceptors (Lipinski definition) is 2. The molecule has 1 rings (SSSR count). The molecule has 0 radical (unpaired) electrons. The van der Waals surface area contributed by atoms with Gasteiger partial charge >= 0.3 is 0 Å². The van der Waals surface area contributed by atoms with Gasteiger partial charge in [-0.3, -0.25) is 11.3 Å². The van der Waals surface area contributed by atoms with Crippen LogP contribution in [0.4, 0.5) is 8.78 Å². The van der Waals surface area contributed by atoms with Gasteiger partial charge in [0.1, 0.15) is 0 Å². The summed E-state index contributed by atoms with van der Waals surface area (Å²) in [6.07, 6.45) is 0.724. The number of hydrogen-bond donors (Lipinski definition) is 2. The first kappa shape index (κ1) is 10.1. The molecule has 1 atom stereocenters. The van der Waals surface area contributed by atoms with Gasteiger partial charge in [0.2, 0.25) is 0 Å². The molecule has 2 nitrogen and oxygen atoms in total. The highest BCUT2D eigenvalue weighted by Gasteiger charge is 2.09. The number of nitrogens with two attached hydrogens (primary N) is 1. The number of rotatable bonds is 3. The van der Waals surface area contributed by atoms with Crippen molar-refractivity contribution in [2.24, 2.45) is 5.84 Å². The molecule has 0 unspecified atom stereocenters. The maximum absolute atomic E-state index is 12.8. The van der Waals surface area contributed by atoms with Crippen LogP contribution in [0.1, 0.15) is 24.9 Å². The molecule has 0 aromatic heterocycles. The van der Waals surface area contributed by atoms with Crippen LogP contribution in [0, 0.1) is 11.6 Å². The molecule has 4 heteroatoms. The first-order chi connectivity index (χ1) is 6.19. The predicted molar refractivity (Wildman–Crippen MR) is 46.7 cm³/mol. The monoisotopic (exact) mass is 186 g/mol. The summed E-state index contributed by atoms with van der Waals surface area (Å²) in [6, 6.07) is 3.65. The third kappa shape index (κ3) is 2.23. The summed E-state index contributed by atoms with van der Waals surface area (Å²) < 4.78 is 25.3. The smallest absolute Gasteiger partial charge is 0.159 e. The fourth-order valence-electron chi connectivity index (χ4n) is 1.18. The number of hydrazine groups is 1. The van der Waals surface area contributed by atoms with Crippen molar-refractivity contribution < 1.29 is 8.78 Å². The molecule has 0 spiro atoms. The zero-order chi connectivity index (χ0) is 9.84. The molecule has 0 saturated carbocycles.